The highest BCUT2D eigenvalue weighted by Gasteiger charge is 2.46. The van der Waals surface area contributed by atoms with Crippen molar-refractivity contribution in [2.24, 2.45) is 17.8 Å². The van der Waals surface area contributed by atoms with Gasteiger partial charge in [0.25, 0.3) is 0 Å². The number of carbonyl (C=O) groups excluding carboxylic acids is 3. The van der Waals surface area contributed by atoms with Gasteiger partial charge in [0.1, 0.15) is 17.9 Å². The molecule has 20 heavy (non-hydrogen) atoms. The normalized spacial score (nSPS) is 23.1. The highest BCUT2D eigenvalue weighted by molar-refractivity contribution is 5.90. The maximum Gasteiger partial charge on any atom is 0.329 e. The lowest BCUT2D eigenvalue weighted by molar-refractivity contribution is -0.166. The van der Waals surface area contributed by atoms with Crippen LogP contribution >= 0.6 is 0 Å². The Morgan fingerprint density at radius 3 is 2.20 bits per heavy atom. The number of amides is 1. The van der Waals surface area contributed by atoms with Gasteiger partial charge >= 0.3 is 5.97 Å². The summed E-state index contributed by atoms with van der Waals surface area (Å²) >= 11 is 0. The fourth-order valence-electron chi connectivity index (χ4n) is 2.29. The molecule has 1 aliphatic carbocycles. The zero-order valence-electron chi connectivity index (χ0n) is 13.2. The molecular formula is C15H25NO4. The van der Waals surface area contributed by atoms with Crippen molar-refractivity contribution in [1.29, 1.82) is 0 Å². The molecule has 1 saturated carbocycles. The molecule has 0 bridgehead atoms. The molecule has 0 aromatic carbocycles. The van der Waals surface area contributed by atoms with Crippen LogP contribution < -0.4 is 0 Å². The van der Waals surface area contributed by atoms with E-state index in [1.165, 1.54) is 4.90 Å². The van der Waals surface area contributed by atoms with Crippen LogP contribution in [0.25, 0.3) is 0 Å². The molecule has 0 unspecified atom stereocenters. The highest BCUT2D eigenvalue weighted by atomic mass is 16.6. The Morgan fingerprint density at radius 2 is 1.85 bits per heavy atom. The smallest absolute Gasteiger partial charge is 0.329 e. The van der Waals surface area contributed by atoms with Crippen molar-refractivity contribution in [2.45, 2.75) is 52.7 Å². The van der Waals surface area contributed by atoms with Crippen molar-refractivity contribution in [3.05, 3.63) is 0 Å². The van der Waals surface area contributed by atoms with Gasteiger partial charge in [0, 0.05) is 18.9 Å². The molecule has 5 nitrogen and oxygen atoms in total. The number of nitrogens with zero attached hydrogens (tertiary/aromatic N) is 1. The van der Waals surface area contributed by atoms with E-state index < -0.39 is 17.6 Å². The number of hydrogen-bond donors (Lipinski definition) is 0. The summed E-state index contributed by atoms with van der Waals surface area (Å²) < 4.78 is 5.38. The third kappa shape index (κ3) is 4.05. The van der Waals surface area contributed by atoms with Gasteiger partial charge in [-0.2, -0.15) is 0 Å². The number of hydrogen-bond acceptors (Lipinski definition) is 4. The Morgan fingerprint density at radius 1 is 1.30 bits per heavy atom. The van der Waals surface area contributed by atoms with Crippen LogP contribution in [0.15, 0.2) is 0 Å². The summed E-state index contributed by atoms with van der Waals surface area (Å²) in [5, 5.41) is 0. The summed E-state index contributed by atoms with van der Waals surface area (Å²) in [6.07, 6.45) is 1.40. The summed E-state index contributed by atoms with van der Waals surface area (Å²) in [5.41, 5.74) is -0.584. The number of aldehydes is 1. The van der Waals surface area contributed by atoms with Crippen molar-refractivity contribution in [3.63, 3.8) is 0 Å². The van der Waals surface area contributed by atoms with Crippen molar-refractivity contribution >= 4 is 18.2 Å². The van der Waals surface area contributed by atoms with E-state index >= 15 is 0 Å². The second kappa shape index (κ2) is 5.94. The highest BCUT2D eigenvalue weighted by Crippen LogP contribution is 2.38. The minimum absolute atomic E-state index is 0.0489. The third-order valence-electron chi connectivity index (χ3n) is 3.38. The van der Waals surface area contributed by atoms with Gasteiger partial charge in [0.05, 0.1) is 0 Å². The topological polar surface area (TPSA) is 63.7 Å². The van der Waals surface area contributed by atoms with Crippen LogP contribution in [0.2, 0.25) is 0 Å². The Labute approximate surface area is 120 Å². The third-order valence-corrected chi connectivity index (χ3v) is 3.38. The zero-order valence-corrected chi connectivity index (χ0v) is 13.2. The molecule has 0 aliphatic heterocycles. The molecular weight excluding hydrogens is 258 g/mol. The Bertz CT molecular complexity index is 397. The average Bonchev–Trinajstić information content (AvgIpc) is 3.03. The molecule has 1 amide bonds. The van der Waals surface area contributed by atoms with Crippen LogP contribution in [0.1, 0.15) is 41.0 Å². The zero-order chi connectivity index (χ0) is 15.7. The number of esters is 1. The molecule has 0 N–H and O–H groups in total. The van der Waals surface area contributed by atoms with Gasteiger partial charge < -0.3 is 14.4 Å². The van der Waals surface area contributed by atoms with Gasteiger partial charge in [0.2, 0.25) is 5.91 Å². The van der Waals surface area contributed by atoms with Gasteiger partial charge in [-0.25, -0.2) is 4.79 Å². The fraction of sp³-hybridized carbons (Fsp3) is 0.800. The molecule has 0 aromatic rings. The van der Waals surface area contributed by atoms with Crippen LogP contribution in [-0.2, 0) is 19.1 Å². The second-order valence-corrected chi connectivity index (χ2v) is 6.81. The van der Waals surface area contributed by atoms with Crippen LogP contribution in [0, 0.1) is 17.8 Å². The predicted octanol–water partition coefficient (Wildman–Crippen LogP) is 1.65. The van der Waals surface area contributed by atoms with Crippen molar-refractivity contribution < 1.29 is 19.1 Å². The SMILES string of the molecule is CC(C)[C@@H](C(=O)OC(C)(C)C)N(C)C(=O)[C@H]1C[C@H]1C=O. The molecule has 0 radical (unpaired) electrons. The standard InChI is InChI=1S/C15H25NO4/c1-9(2)12(14(19)20-15(3,4)5)16(6)13(18)11-7-10(11)8-17/h8-12H,7H2,1-6H3/t10-,11-,12-/m0/s1. The largest absolute Gasteiger partial charge is 0.458 e. The minimum atomic E-state index is -0.616. The molecule has 5 heteroatoms. The first kappa shape index (κ1) is 16.7. The maximum atomic E-state index is 12.3. The molecule has 0 aromatic heterocycles. The summed E-state index contributed by atoms with van der Waals surface area (Å²) in [6, 6.07) is -0.616. The summed E-state index contributed by atoms with van der Waals surface area (Å²) in [7, 11) is 1.61. The van der Waals surface area contributed by atoms with E-state index in [4.69, 9.17) is 4.74 Å². The lowest BCUT2D eigenvalue weighted by Crippen LogP contribution is -2.48. The average molecular weight is 283 g/mol. The van der Waals surface area contributed by atoms with Gasteiger partial charge in [0.15, 0.2) is 0 Å². The lowest BCUT2D eigenvalue weighted by Gasteiger charge is -2.32. The van der Waals surface area contributed by atoms with E-state index in [1.54, 1.807) is 27.8 Å². The van der Waals surface area contributed by atoms with Gasteiger partial charge in [-0.15, -0.1) is 0 Å². The van der Waals surface area contributed by atoms with Crippen LogP contribution in [0.3, 0.4) is 0 Å². The van der Waals surface area contributed by atoms with Gasteiger partial charge in [-0.1, -0.05) is 13.8 Å². The fourth-order valence-corrected chi connectivity index (χ4v) is 2.29. The van der Waals surface area contributed by atoms with E-state index in [9.17, 15) is 14.4 Å². The van der Waals surface area contributed by atoms with E-state index in [0.29, 0.717) is 6.42 Å². The molecule has 0 spiro atoms. The first-order valence-electron chi connectivity index (χ1n) is 7.03. The van der Waals surface area contributed by atoms with Gasteiger partial charge in [-0.05, 0) is 33.1 Å². The van der Waals surface area contributed by atoms with E-state index in [-0.39, 0.29) is 23.7 Å². The molecule has 3 atom stereocenters. The predicted molar refractivity (Wildman–Crippen MR) is 74.9 cm³/mol. The summed E-state index contributed by atoms with van der Waals surface area (Å²) in [6.45, 7) is 9.15. The number of carbonyl (C=O) groups is 3. The van der Waals surface area contributed by atoms with Crippen LogP contribution in [-0.4, -0.2) is 41.8 Å². The summed E-state index contributed by atoms with van der Waals surface area (Å²) in [4.78, 5) is 36.6. The Hall–Kier alpha value is -1.39. The molecule has 1 rings (SSSR count). The Kier molecular flexibility index (Phi) is 4.95. The van der Waals surface area contributed by atoms with Gasteiger partial charge in [-0.3, -0.25) is 4.79 Å². The van der Waals surface area contributed by atoms with E-state index in [1.807, 2.05) is 13.8 Å². The maximum absolute atomic E-state index is 12.3. The lowest BCUT2D eigenvalue weighted by atomic mass is 10.0. The molecule has 1 fully saturated rings. The van der Waals surface area contributed by atoms with Crippen molar-refractivity contribution in [2.75, 3.05) is 7.05 Å². The number of ether oxygens (including phenoxy) is 1. The van der Waals surface area contributed by atoms with E-state index in [0.717, 1.165) is 6.29 Å². The molecule has 114 valence electrons. The monoisotopic (exact) mass is 283 g/mol. The Balaban J connectivity index is 2.78. The van der Waals surface area contributed by atoms with Crippen LogP contribution in [0.5, 0.6) is 0 Å². The summed E-state index contributed by atoms with van der Waals surface area (Å²) in [5.74, 6) is -1.04. The molecule has 0 heterocycles. The van der Waals surface area contributed by atoms with E-state index in [2.05, 4.69) is 0 Å². The first-order valence-corrected chi connectivity index (χ1v) is 7.03. The first-order chi connectivity index (χ1) is 9.08. The van der Waals surface area contributed by atoms with Crippen molar-refractivity contribution in [3.8, 4) is 0 Å². The molecule has 1 aliphatic rings. The second-order valence-electron chi connectivity index (χ2n) is 6.81. The minimum Gasteiger partial charge on any atom is -0.458 e. The van der Waals surface area contributed by atoms with Crippen molar-refractivity contribution in [1.82, 2.24) is 4.90 Å². The number of likely N-dealkylation sites (N-methyl/N-ethyl adjacent to an activating group) is 1. The quantitative estimate of drug-likeness (QED) is 0.568. The molecule has 0 saturated heterocycles. The van der Waals surface area contributed by atoms with Crippen LogP contribution in [0.4, 0.5) is 0 Å². The number of rotatable bonds is 5.